The summed E-state index contributed by atoms with van der Waals surface area (Å²) in [5, 5.41) is 8.61. The van der Waals surface area contributed by atoms with E-state index in [1.807, 2.05) is 28.8 Å². The van der Waals surface area contributed by atoms with Crippen LogP contribution in [-0.2, 0) is 14.8 Å². The minimum absolute atomic E-state index is 0.0596. The second-order valence-electron chi connectivity index (χ2n) is 7.81. The molecule has 2 aromatic heterocycles. The highest BCUT2D eigenvalue weighted by Crippen LogP contribution is 2.34. The molecule has 1 unspecified atom stereocenters. The number of hydrogen-bond donors (Lipinski definition) is 0. The van der Waals surface area contributed by atoms with Crippen molar-refractivity contribution in [1.29, 1.82) is 0 Å². The van der Waals surface area contributed by atoms with Crippen molar-refractivity contribution in [1.82, 2.24) is 23.8 Å². The van der Waals surface area contributed by atoms with E-state index in [4.69, 9.17) is 16.3 Å². The minimum Gasteiger partial charge on any atom is -0.379 e. The van der Waals surface area contributed by atoms with Crippen molar-refractivity contribution < 1.29 is 17.9 Å². The van der Waals surface area contributed by atoms with Crippen LogP contribution >= 0.6 is 11.6 Å². The van der Waals surface area contributed by atoms with Gasteiger partial charge >= 0.3 is 0 Å². The van der Waals surface area contributed by atoms with Gasteiger partial charge in [0.05, 0.1) is 24.3 Å². The van der Waals surface area contributed by atoms with Gasteiger partial charge in [-0.3, -0.25) is 9.20 Å². The Morgan fingerprint density at radius 3 is 2.72 bits per heavy atom. The molecule has 1 aromatic carbocycles. The van der Waals surface area contributed by atoms with E-state index >= 15 is 0 Å². The quantitative estimate of drug-likeness (QED) is 0.574. The maximum atomic E-state index is 13.5. The summed E-state index contributed by atoms with van der Waals surface area (Å²) < 4.78 is 34.8. The highest BCUT2D eigenvalue weighted by atomic mass is 35.5. The lowest BCUT2D eigenvalue weighted by Gasteiger charge is -2.27. The number of morpholine rings is 1. The van der Waals surface area contributed by atoms with E-state index in [0.29, 0.717) is 31.2 Å². The Kier molecular flexibility index (Phi) is 5.62. The molecule has 2 saturated heterocycles. The number of carbonyl (C=O) groups excluding carboxylic acids is 1. The number of benzene rings is 1. The first-order chi connectivity index (χ1) is 15.5. The van der Waals surface area contributed by atoms with Crippen molar-refractivity contribution >= 4 is 33.2 Å². The number of nitrogens with zero attached hydrogens (tertiary/aromatic N) is 5. The van der Waals surface area contributed by atoms with Crippen LogP contribution in [-0.4, -0.2) is 71.0 Å². The molecule has 1 amide bonds. The molecule has 4 heterocycles. The van der Waals surface area contributed by atoms with Gasteiger partial charge in [0.1, 0.15) is 4.90 Å². The fourth-order valence-electron chi connectivity index (χ4n) is 4.29. The number of aromatic nitrogens is 3. The van der Waals surface area contributed by atoms with Crippen LogP contribution in [0.3, 0.4) is 0 Å². The lowest BCUT2D eigenvalue weighted by atomic mass is 10.1. The van der Waals surface area contributed by atoms with Gasteiger partial charge in [-0.05, 0) is 43.2 Å². The molecule has 3 aromatic rings. The number of amides is 1. The van der Waals surface area contributed by atoms with Gasteiger partial charge in [-0.15, -0.1) is 10.2 Å². The Hall–Kier alpha value is -2.53. The summed E-state index contributed by atoms with van der Waals surface area (Å²) in [7, 11) is -3.83. The maximum Gasteiger partial charge on any atom is 0.254 e. The lowest BCUT2D eigenvalue weighted by Crippen LogP contribution is -2.40. The molecular weight excluding hydrogens is 454 g/mol. The van der Waals surface area contributed by atoms with Gasteiger partial charge in [0.15, 0.2) is 11.5 Å². The molecule has 168 valence electrons. The molecule has 0 saturated carbocycles. The number of likely N-dealkylation sites (tertiary alicyclic amines) is 1. The van der Waals surface area contributed by atoms with Gasteiger partial charge < -0.3 is 9.64 Å². The van der Waals surface area contributed by atoms with E-state index in [1.54, 1.807) is 11.0 Å². The van der Waals surface area contributed by atoms with E-state index < -0.39 is 10.0 Å². The number of carbonyl (C=O) groups is 1. The van der Waals surface area contributed by atoms with E-state index in [1.165, 1.54) is 16.4 Å². The van der Waals surface area contributed by atoms with Crippen LogP contribution in [0.15, 0.2) is 47.5 Å². The predicted octanol–water partition coefficient (Wildman–Crippen LogP) is 2.38. The predicted molar refractivity (Wildman–Crippen MR) is 117 cm³/mol. The summed E-state index contributed by atoms with van der Waals surface area (Å²) in [5.41, 5.74) is 0.995. The van der Waals surface area contributed by atoms with E-state index in [2.05, 4.69) is 10.2 Å². The summed E-state index contributed by atoms with van der Waals surface area (Å²) in [6, 6.07) is 9.82. The number of rotatable bonds is 4. The summed E-state index contributed by atoms with van der Waals surface area (Å²) in [6.45, 7) is 1.73. The van der Waals surface area contributed by atoms with Crippen LogP contribution in [0.25, 0.3) is 5.65 Å². The van der Waals surface area contributed by atoms with Gasteiger partial charge in [-0.2, -0.15) is 4.31 Å². The topological polar surface area (TPSA) is 97.1 Å². The second-order valence-corrected chi connectivity index (χ2v) is 10.1. The van der Waals surface area contributed by atoms with Crippen LogP contribution in [0.5, 0.6) is 0 Å². The number of hydrogen-bond acceptors (Lipinski definition) is 6. The monoisotopic (exact) mass is 475 g/mol. The number of fused-ring (bicyclic) bond motifs is 1. The summed E-state index contributed by atoms with van der Waals surface area (Å²) in [6.07, 6.45) is 3.46. The van der Waals surface area contributed by atoms with Crippen LogP contribution in [0.4, 0.5) is 0 Å². The molecular formula is C21H22ClN5O4S. The molecule has 9 nitrogen and oxygen atoms in total. The number of ether oxygens (including phenoxy) is 1. The molecule has 0 aliphatic carbocycles. The number of pyridine rings is 1. The minimum atomic E-state index is -3.83. The van der Waals surface area contributed by atoms with Crippen molar-refractivity contribution in [3.05, 3.63) is 59.0 Å². The van der Waals surface area contributed by atoms with Crippen molar-refractivity contribution in [3.8, 4) is 0 Å². The van der Waals surface area contributed by atoms with Crippen LogP contribution in [0.2, 0.25) is 5.02 Å². The molecule has 5 rings (SSSR count). The molecule has 11 heteroatoms. The van der Waals surface area contributed by atoms with E-state index in [0.717, 1.165) is 12.8 Å². The Morgan fingerprint density at radius 1 is 1.09 bits per heavy atom. The van der Waals surface area contributed by atoms with Gasteiger partial charge in [-0.25, -0.2) is 8.42 Å². The zero-order valence-electron chi connectivity index (χ0n) is 17.2. The second kappa shape index (κ2) is 8.43. The molecule has 2 aliphatic heterocycles. The largest absolute Gasteiger partial charge is 0.379 e. The number of sulfonamides is 1. The Balaban J connectivity index is 1.47. The summed E-state index contributed by atoms with van der Waals surface area (Å²) >= 11 is 6.26. The average molecular weight is 476 g/mol. The molecule has 1 atom stereocenters. The van der Waals surface area contributed by atoms with E-state index in [9.17, 15) is 13.2 Å². The smallest absolute Gasteiger partial charge is 0.254 e. The highest BCUT2D eigenvalue weighted by molar-refractivity contribution is 7.89. The first kappa shape index (κ1) is 21.3. The Labute approximate surface area is 190 Å². The zero-order chi connectivity index (χ0) is 22.3. The zero-order valence-corrected chi connectivity index (χ0v) is 18.8. The SMILES string of the molecule is O=C(c1ccc(Cl)c(S(=O)(=O)N2CCOCC2)c1)N1CCCC1c1nnc2ccccn12. The van der Waals surface area contributed by atoms with Crippen molar-refractivity contribution in [2.24, 2.45) is 0 Å². The van der Waals surface area contributed by atoms with Gasteiger partial charge in [0.2, 0.25) is 10.0 Å². The molecule has 0 radical (unpaired) electrons. The highest BCUT2D eigenvalue weighted by Gasteiger charge is 2.35. The van der Waals surface area contributed by atoms with Crippen molar-refractivity contribution in [3.63, 3.8) is 0 Å². The number of halogens is 1. The third-order valence-corrected chi connectivity index (χ3v) is 8.30. The van der Waals surface area contributed by atoms with E-state index in [-0.39, 0.29) is 40.5 Å². The first-order valence-corrected chi connectivity index (χ1v) is 12.3. The normalized spacial score (nSPS) is 20.2. The van der Waals surface area contributed by atoms with Gasteiger partial charge in [-0.1, -0.05) is 17.7 Å². The standard InChI is InChI=1S/C21H22ClN5O4S/c22-16-7-6-15(14-18(16)32(29,30)25-10-12-31-13-11-25)21(28)26-9-3-4-17(26)20-24-23-19-5-1-2-8-27(19)20/h1-2,5-8,14,17H,3-4,9-13H2. The first-order valence-electron chi connectivity index (χ1n) is 10.4. The fraction of sp³-hybridized carbons (Fsp3) is 0.381. The summed E-state index contributed by atoms with van der Waals surface area (Å²) in [5.74, 6) is 0.442. The molecule has 0 N–H and O–H groups in total. The molecule has 0 bridgehead atoms. The molecule has 32 heavy (non-hydrogen) atoms. The summed E-state index contributed by atoms with van der Waals surface area (Å²) in [4.78, 5) is 15.1. The van der Waals surface area contributed by atoms with Gasteiger partial charge in [0.25, 0.3) is 5.91 Å². The molecule has 0 spiro atoms. The van der Waals surface area contributed by atoms with Gasteiger partial charge in [0, 0.05) is 31.4 Å². The van der Waals surface area contributed by atoms with Crippen molar-refractivity contribution in [2.75, 3.05) is 32.8 Å². The van der Waals surface area contributed by atoms with Crippen LogP contribution in [0, 0.1) is 0 Å². The fourth-order valence-corrected chi connectivity index (χ4v) is 6.20. The average Bonchev–Trinajstić information content (AvgIpc) is 3.46. The van der Waals surface area contributed by atoms with Crippen LogP contribution < -0.4 is 0 Å². The maximum absolute atomic E-state index is 13.5. The lowest BCUT2D eigenvalue weighted by molar-refractivity contribution is 0.0725. The Morgan fingerprint density at radius 2 is 1.91 bits per heavy atom. The third kappa shape index (κ3) is 3.66. The Bertz CT molecular complexity index is 1270. The molecule has 2 fully saturated rings. The van der Waals surface area contributed by atoms with Crippen molar-refractivity contribution in [2.45, 2.75) is 23.8 Å². The van der Waals surface area contributed by atoms with Crippen LogP contribution in [0.1, 0.15) is 35.1 Å². The third-order valence-electron chi connectivity index (χ3n) is 5.92. The molecule has 2 aliphatic rings.